The van der Waals surface area contributed by atoms with Crippen molar-refractivity contribution in [3.8, 4) is 11.1 Å². The Hall–Kier alpha value is -4.79. The Bertz CT molecular complexity index is 2090. The van der Waals surface area contributed by atoms with Crippen LogP contribution in [-0.2, 0) is 22.3 Å². The summed E-state index contributed by atoms with van der Waals surface area (Å²) in [5.74, 6) is -2.42. The largest absolute Gasteiger partial charge is 0.468 e. The molecule has 3 N–H and O–H groups in total. The molecule has 3 aromatic heterocycles. The highest BCUT2D eigenvalue weighted by Gasteiger charge is 2.36. The number of rotatable bonds is 8. The first-order valence-corrected chi connectivity index (χ1v) is 15.8. The van der Waals surface area contributed by atoms with Crippen LogP contribution in [0.2, 0.25) is 10.0 Å². The molecular formula is C33H29Cl2F3N8O3. The monoisotopic (exact) mass is 712 g/mol. The normalized spacial score (nSPS) is 14.7. The van der Waals surface area contributed by atoms with Gasteiger partial charge in [-0.1, -0.05) is 47.5 Å². The van der Waals surface area contributed by atoms with Gasteiger partial charge in [0.15, 0.2) is 11.5 Å². The van der Waals surface area contributed by atoms with Crippen molar-refractivity contribution >= 4 is 63.3 Å². The van der Waals surface area contributed by atoms with Crippen LogP contribution in [0.15, 0.2) is 60.8 Å². The minimum Gasteiger partial charge on any atom is -0.468 e. The zero-order valence-corrected chi connectivity index (χ0v) is 27.8. The Kier molecular flexibility index (Phi) is 9.22. The summed E-state index contributed by atoms with van der Waals surface area (Å²) in [6.07, 6.45) is -1.84. The second kappa shape index (κ2) is 13.3. The third-order valence-electron chi connectivity index (χ3n) is 7.99. The Morgan fingerprint density at radius 2 is 1.67 bits per heavy atom. The van der Waals surface area contributed by atoms with Crippen molar-refractivity contribution in [3.63, 3.8) is 0 Å². The molecule has 1 aliphatic rings. The number of methoxy groups -OCH3 is 1. The van der Waals surface area contributed by atoms with E-state index in [0.717, 1.165) is 18.5 Å². The Balaban J connectivity index is 1.27. The maximum Gasteiger partial charge on any atom is 0.451 e. The molecule has 0 spiro atoms. The van der Waals surface area contributed by atoms with Gasteiger partial charge in [-0.05, 0) is 57.0 Å². The van der Waals surface area contributed by atoms with Gasteiger partial charge in [-0.3, -0.25) is 24.6 Å². The number of alkyl halides is 3. The number of amides is 1. The lowest BCUT2D eigenvalue weighted by Crippen LogP contribution is -2.50. The van der Waals surface area contributed by atoms with Gasteiger partial charge in [-0.25, -0.2) is 9.97 Å². The van der Waals surface area contributed by atoms with Crippen LogP contribution in [0.3, 0.4) is 0 Å². The number of ether oxygens (including phenoxy) is 1. The second-order valence-electron chi connectivity index (χ2n) is 11.8. The number of fused-ring (bicyclic) bond motifs is 2. The SMILES string of the molecule is COC(=O)C(C)(C)N[C@@H]1CCCn2nc(C(=O)Nc3cccc(-c4cccc(Nc5nc(C(F)(F)F)nc6cccnc56)c4Cl)c3Cl)cc21. The molecule has 0 unspecified atom stereocenters. The zero-order chi connectivity index (χ0) is 35.1. The lowest BCUT2D eigenvalue weighted by atomic mass is 9.98. The van der Waals surface area contributed by atoms with E-state index in [1.165, 1.54) is 25.4 Å². The number of pyridine rings is 1. The summed E-state index contributed by atoms with van der Waals surface area (Å²) in [5, 5.41) is 13.8. The molecule has 2 aromatic carbocycles. The maximum absolute atomic E-state index is 13.6. The van der Waals surface area contributed by atoms with Crippen LogP contribution in [0.4, 0.5) is 30.4 Å². The molecule has 16 heteroatoms. The van der Waals surface area contributed by atoms with Crippen molar-refractivity contribution in [2.24, 2.45) is 0 Å². The molecule has 0 saturated carbocycles. The highest BCUT2D eigenvalue weighted by molar-refractivity contribution is 6.39. The number of nitrogens with zero attached hydrogens (tertiary/aromatic N) is 5. The van der Waals surface area contributed by atoms with Gasteiger partial charge >= 0.3 is 12.1 Å². The highest BCUT2D eigenvalue weighted by Crippen LogP contribution is 2.41. The van der Waals surface area contributed by atoms with E-state index in [9.17, 15) is 22.8 Å². The van der Waals surface area contributed by atoms with Crippen molar-refractivity contribution in [1.82, 2.24) is 30.0 Å². The number of hydrogen-bond acceptors (Lipinski definition) is 9. The number of benzene rings is 2. The highest BCUT2D eigenvalue weighted by atomic mass is 35.5. The van der Waals surface area contributed by atoms with Gasteiger partial charge in [0.05, 0.1) is 45.8 Å². The fourth-order valence-corrected chi connectivity index (χ4v) is 6.21. The topological polar surface area (TPSA) is 136 Å². The Morgan fingerprint density at radius 3 is 2.37 bits per heavy atom. The first kappa shape index (κ1) is 34.1. The van der Waals surface area contributed by atoms with Crippen LogP contribution in [0.1, 0.15) is 54.7 Å². The summed E-state index contributed by atoms with van der Waals surface area (Å²) >= 11 is 13.6. The van der Waals surface area contributed by atoms with Crippen LogP contribution >= 0.6 is 23.2 Å². The third-order valence-corrected chi connectivity index (χ3v) is 8.81. The fourth-order valence-electron chi connectivity index (χ4n) is 5.66. The van der Waals surface area contributed by atoms with Gasteiger partial charge in [-0.15, -0.1) is 0 Å². The molecule has 1 atom stereocenters. The molecule has 0 bridgehead atoms. The lowest BCUT2D eigenvalue weighted by molar-refractivity contribution is -0.147. The minimum atomic E-state index is -4.79. The molecule has 6 rings (SSSR count). The van der Waals surface area contributed by atoms with Crippen LogP contribution < -0.4 is 16.0 Å². The van der Waals surface area contributed by atoms with E-state index >= 15 is 0 Å². The number of carbonyl (C=O) groups is 2. The minimum absolute atomic E-state index is 0.00136. The standard InChI is InChI=1S/C33H29Cl2F3N8O3/c1-32(2,31(48)49-3)44-19-13-7-15-46-24(19)16-23(45-46)29(47)41-21-11-5-9-18(26(21)35)17-8-4-10-20(25(17)34)40-28-27-22(12-6-14-39-27)42-30(43-28)33(36,37)38/h4-6,8-12,14,16,19,44H,7,13,15H2,1-3H3,(H,41,47)(H,40,42,43)/t19-/m1/s1. The average Bonchev–Trinajstić information content (AvgIpc) is 3.52. The first-order valence-electron chi connectivity index (χ1n) is 15.1. The molecule has 0 saturated heterocycles. The summed E-state index contributed by atoms with van der Waals surface area (Å²) in [6.45, 7) is 4.07. The number of anilines is 3. The number of carbonyl (C=O) groups excluding carboxylic acids is 2. The number of nitrogens with one attached hydrogen (secondary N) is 3. The first-order chi connectivity index (χ1) is 23.3. The van der Waals surface area contributed by atoms with E-state index in [-0.39, 0.29) is 50.0 Å². The van der Waals surface area contributed by atoms with Crippen molar-refractivity contribution in [3.05, 3.63) is 88.1 Å². The Morgan fingerprint density at radius 1 is 0.980 bits per heavy atom. The third kappa shape index (κ3) is 6.89. The zero-order valence-electron chi connectivity index (χ0n) is 26.3. The summed E-state index contributed by atoms with van der Waals surface area (Å²) in [7, 11) is 1.33. The Labute approximate surface area is 288 Å². The van der Waals surface area contributed by atoms with Gasteiger partial charge in [0, 0.05) is 23.9 Å². The molecular weight excluding hydrogens is 684 g/mol. The van der Waals surface area contributed by atoms with Gasteiger partial charge in [0.25, 0.3) is 5.91 Å². The van der Waals surface area contributed by atoms with Crippen LogP contribution in [0.25, 0.3) is 22.2 Å². The molecule has 0 fully saturated rings. The summed E-state index contributed by atoms with van der Waals surface area (Å²) < 4.78 is 47.4. The average molecular weight is 714 g/mol. The van der Waals surface area contributed by atoms with Crippen molar-refractivity contribution in [1.29, 1.82) is 0 Å². The second-order valence-corrected chi connectivity index (χ2v) is 12.6. The quantitative estimate of drug-likeness (QED) is 0.139. The van der Waals surface area contributed by atoms with E-state index in [1.54, 1.807) is 61.0 Å². The van der Waals surface area contributed by atoms with Gasteiger partial charge in [-0.2, -0.15) is 18.3 Å². The predicted octanol–water partition coefficient (Wildman–Crippen LogP) is 7.59. The maximum atomic E-state index is 13.6. The van der Waals surface area contributed by atoms with Crippen LogP contribution in [-0.4, -0.2) is 49.3 Å². The van der Waals surface area contributed by atoms with E-state index in [1.807, 2.05) is 0 Å². The van der Waals surface area contributed by atoms with Crippen molar-refractivity contribution in [2.75, 3.05) is 17.7 Å². The molecule has 0 radical (unpaired) electrons. The van der Waals surface area contributed by atoms with Crippen molar-refractivity contribution < 1.29 is 27.5 Å². The fraction of sp³-hybridized carbons (Fsp3) is 0.273. The van der Waals surface area contributed by atoms with Gasteiger partial charge in [0.2, 0.25) is 5.82 Å². The van der Waals surface area contributed by atoms with E-state index in [4.69, 9.17) is 27.9 Å². The number of hydrogen-bond donors (Lipinski definition) is 3. The summed E-state index contributed by atoms with van der Waals surface area (Å²) in [4.78, 5) is 37.1. The molecule has 5 aromatic rings. The molecule has 1 aliphatic heterocycles. The molecule has 11 nitrogen and oxygen atoms in total. The summed E-state index contributed by atoms with van der Waals surface area (Å²) in [5.41, 5.74) is 1.51. The van der Waals surface area contributed by atoms with Crippen LogP contribution in [0, 0.1) is 0 Å². The van der Waals surface area contributed by atoms with E-state index in [0.29, 0.717) is 17.7 Å². The molecule has 4 heterocycles. The molecule has 49 heavy (non-hydrogen) atoms. The van der Waals surface area contributed by atoms with Crippen LogP contribution in [0.5, 0.6) is 0 Å². The number of halogens is 5. The molecule has 254 valence electrons. The van der Waals surface area contributed by atoms with E-state index < -0.39 is 29.4 Å². The molecule has 1 amide bonds. The van der Waals surface area contributed by atoms with Crippen molar-refractivity contribution in [2.45, 2.75) is 51.0 Å². The lowest BCUT2D eigenvalue weighted by Gasteiger charge is -2.32. The number of esters is 1. The summed E-state index contributed by atoms with van der Waals surface area (Å²) in [6, 6.07) is 14.2. The molecule has 0 aliphatic carbocycles. The van der Waals surface area contributed by atoms with Gasteiger partial charge in [0.1, 0.15) is 11.1 Å². The number of aryl methyl sites for hydroxylation is 1. The van der Waals surface area contributed by atoms with Gasteiger partial charge < -0.3 is 15.4 Å². The number of aromatic nitrogens is 5. The predicted molar refractivity (Wildman–Crippen MR) is 179 cm³/mol. The smallest absolute Gasteiger partial charge is 0.451 e. The van der Waals surface area contributed by atoms with E-state index in [2.05, 4.69) is 36.0 Å².